The summed E-state index contributed by atoms with van der Waals surface area (Å²) >= 11 is 0. The van der Waals surface area contributed by atoms with E-state index in [1.165, 1.54) is 0 Å². The molecule has 28 heavy (non-hydrogen) atoms. The molecule has 1 aliphatic carbocycles. The van der Waals surface area contributed by atoms with Gasteiger partial charge >= 0.3 is 0 Å². The first-order chi connectivity index (χ1) is 13.2. The van der Waals surface area contributed by atoms with E-state index in [1.807, 2.05) is 30.3 Å². The summed E-state index contributed by atoms with van der Waals surface area (Å²) in [6.45, 7) is 6.39. The van der Waals surface area contributed by atoms with Crippen LogP contribution in [0.1, 0.15) is 48.6 Å². The number of ketones is 2. The van der Waals surface area contributed by atoms with Crippen molar-refractivity contribution in [3.8, 4) is 11.5 Å². The van der Waals surface area contributed by atoms with Gasteiger partial charge < -0.3 is 9.47 Å². The number of Topliss-reactive ketones (excluding diaryl/α,β-unsaturated/α-hetero) is 2. The number of hydrogen-bond donors (Lipinski definition) is 0. The van der Waals surface area contributed by atoms with Crippen molar-refractivity contribution in [2.75, 3.05) is 14.2 Å². The minimum atomic E-state index is -0.0908. The second kappa shape index (κ2) is 7.78. The molecule has 4 heteroatoms. The van der Waals surface area contributed by atoms with Crippen LogP contribution < -0.4 is 9.47 Å². The molecule has 4 nitrogen and oxygen atoms in total. The molecule has 0 spiro atoms. The Kier molecular flexibility index (Phi) is 5.59. The van der Waals surface area contributed by atoms with Crippen molar-refractivity contribution < 1.29 is 19.1 Å². The first-order valence-corrected chi connectivity index (χ1v) is 9.61. The Hall–Kier alpha value is -2.62. The monoisotopic (exact) mass is 380 g/mol. The van der Waals surface area contributed by atoms with E-state index >= 15 is 0 Å². The molecule has 0 amide bonds. The second-order valence-electron chi connectivity index (χ2n) is 8.47. The summed E-state index contributed by atoms with van der Waals surface area (Å²) in [6.07, 6.45) is 1.07. The smallest absolute Gasteiger partial charge is 0.141 e. The van der Waals surface area contributed by atoms with Gasteiger partial charge in [0.2, 0.25) is 0 Å². The maximum atomic E-state index is 12.9. The number of ether oxygens (including phenoxy) is 2. The first-order valence-electron chi connectivity index (χ1n) is 9.61. The molecule has 2 aromatic carbocycles. The van der Waals surface area contributed by atoms with Crippen molar-refractivity contribution >= 4 is 11.6 Å². The molecule has 0 fully saturated rings. The number of fused-ring (bicyclic) bond motifs is 4. The number of rotatable bonds is 2. The number of hydrogen-bond acceptors (Lipinski definition) is 4. The molecular weight excluding hydrogens is 352 g/mol. The molecule has 0 saturated heterocycles. The molecule has 0 aromatic heterocycles. The Bertz CT molecular complexity index is 859. The molecule has 0 unspecified atom stereocenters. The molecule has 3 rings (SSSR count). The fourth-order valence-electron chi connectivity index (χ4n) is 3.87. The van der Waals surface area contributed by atoms with Gasteiger partial charge in [-0.05, 0) is 11.0 Å². The molecule has 148 valence electrons. The molecular formula is C24H28O4. The predicted molar refractivity (Wildman–Crippen MR) is 110 cm³/mol. The summed E-state index contributed by atoms with van der Waals surface area (Å²) in [7, 11) is 3.19. The van der Waals surface area contributed by atoms with Gasteiger partial charge in [0.15, 0.2) is 0 Å². The van der Waals surface area contributed by atoms with Crippen LogP contribution in [0.25, 0.3) is 0 Å². The van der Waals surface area contributed by atoms with Gasteiger partial charge in [-0.3, -0.25) is 9.59 Å². The first kappa shape index (κ1) is 20.1. The molecule has 0 atom stereocenters. The Balaban J connectivity index is 2.16. The third-order valence-electron chi connectivity index (χ3n) is 5.25. The fourth-order valence-corrected chi connectivity index (χ4v) is 3.87. The molecule has 2 aromatic rings. The van der Waals surface area contributed by atoms with Crippen molar-refractivity contribution in [1.29, 1.82) is 0 Å². The standard InChI is InChI=1S/C24H28O4/c1-24(2,3)19-9-17-13-20(25)11-15-7-6-8-16(22(15)27-4)12-21(26)14-18(10-19)23(17)28-5/h6-10H,11-14H2,1-5H3. The molecule has 1 aliphatic rings. The largest absolute Gasteiger partial charge is 0.496 e. The lowest BCUT2D eigenvalue weighted by Crippen LogP contribution is -2.18. The zero-order valence-corrected chi connectivity index (χ0v) is 17.3. The highest BCUT2D eigenvalue weighted by molar-refractivity contribution is 5.88. The van der Waals surface area contributed by atoms with Crippen molar-refractivity contribution in [2.45, 2.75) is 51.9 Å². The van der Waals surface area contributed by atoms with Crippen LogP contribution in [0, 0.1) is 0 Å². The quantitative estimate of drug-likeness (QED) is 0.790. The summed E-state index contributed by atoms with van der Waals surface area (Å²) in [6, 6.07) is 9.76. The lowest BCUT2D eigenvalue weighted by Gasteiger charge is -2.24. The zero-order valence-electron chi connectivity index (χ0n) is 17.3. The molecule has 0 saturated carbocycles. The minimum absolute atomic E-state index is 0.0908. The van der Waals surface area contributed by atoms with E-state index in [9.17, 15) is 9.59 Å². The number of benzene rings is 2. The van der Waals surface area contributed by atoms with Gasteiger partial charge in [-0.15, -0.1) is 0 Å². The summed E-state index contributed by atoms with van der Waals surface area (Å²) in [5, 5.41) is 0. The summed E-state index contributed by atoms with van der Waals surface area (Å²) in [5.41, 5.74) is 4.35. The van der Waals surface area contributed by atoms with Crippen molar-refractivity contribution in [2.24, 2.45) is 0 Å². The van der Waals surface area contributed by atoms with E-state index < -0.39 is 0 Å². The van der Waals surface area contributed by atoms with Gasteiger partial charge in [-0.25, -0.2) is 0 Å². The average molecular weight is 380 g/mol. The molecule has 0 N–H and O–H groups in total. The molecule has 4 bridgehead atoms. The van der Waals surface area contributed by atoms with E-state index in [2.05, 4.69) is 20.8 Å². The maximum Gasteiger partial charge on any atom is 0.141 e. The lowest BCUT2D eigenvalue weighted by molar-refractivity contribution is -0.118. The Morgan fingerprint density at radius 1 is 0.714 bits per heavy atom. The van der Waals surface area contributed by atoms with Crippen LogP contribution in [0.4, 0.5) is 0 Å². The van der Waals surface area contributed by atoms with Crippen molar-refractivity contribution in [3.05, 3.63) is 58.1 Å². The van der Waals surface area contributed by atoms with Gasteiger partial charge in [0.25, 0.3) is 0 Å². The van der Waals surface area contributed by atoms with Gasteiger partial charge in [-0.1, -0.05) is 51.1 Å². The highest BCUT2D eigenvalue weighted by atomic mass is 16.5. The van der Waals surface area contributed by atoms with Crippen LogP contribution in [-0.4, -0.2) is 25.8 Å². The number of para-hydroxylation sites is 1. The van der Waals surface area contributed by atoms with Gasteiger partial charge in [-0.2, -0.15) is 0 Å². The van der Waals surface area contributed by atoms with Crippen LogP contribution in [0.3, 0.4) is 0 Å². The van der Waals surface area contributed by atoms with Crippen LogP contribution >= 0.6 is 0 Å². The van der Waals surface area contributed by atoms with E-state index in [0.29, 0.717) is 11.5 Å². The Labute approximate surface area is 166 Å². The molecule has 0 aliphatic heterocycles. The highest BCUT2D eigenvalue weighted by Gasteiger charge is 2.24. The van der Waals surface area contributed by atoms with Crippen LogP contribution in [0.2, 0.25) is 0 Å². The topological polar surface area (TPSA) is 52.6 Å². The third-order valence-corrected chi connectivity index (χ3v) is 5.25. The van der Waals surface area contributed by atoms with Gasteiger partial charge in [0.05, 0.1) is 14.2 Å². The fraction of sp³-hybridized carbons (Fsp3) is 0.417. The Morgan fingerprint density at radius 2 is 1.11 bits per heavy atom. The molecule has 0 heterocycles. The lowest BCUT2D eigenvalue weighted by atomic mass is 9.82. The summed E-state index contributed by atoms with van der Waals surface area (Å²) in [5.74, 6) is 1.50. The number of methoxy groups -OCH3 is 2. The average Bonchev–Trinajstić information content (AvgIpc) is 2.60. The van der Waals surface area contributed by atoms with E-state index in [1.54, 1.807) is 14.2 Å². The van der Waals surface area contributed by atoms with E-state index in [-0.39, 0.29) is 42.7 Å². The van der Waals surface area contributed by atoms with Crippen molar-refractivity contribution in [3.63, 3.8) is 0 Å². The van der Waals surface area contributed by atoms with Gasteiger partial charge in [0, 0.05) is 47.9 Å². The van der Waals surface area contributed by atoms with E-state index in [4.69, 9.17) is 9.47 Å². The highest BCUT2D eigenvalue weighted by Crippen LogP contribution is 2.34. The minimum Gasteiger partial charge on any atom is -0.496 e. The normalized spacial score (nSPS) is 14.9. The molecule has 0 radical (unpaired) electrons. The summed E-state index contributed by atoms with van der Waals surface area (Å²) < 4.78 is 11.2. The Morgan fingerprint density at radius 3 is 1.50 bits per heavy atom. The zero-order chi connectivity index (χ0) is 20.5. The van der Waals surface area contributed by atoms with Crippen molar-refractivity contribution in [1.82, 2.24) is 0 Å². The van der Waals surface area contributed by atoms with Crippen LogP contribution in [0.5, 0.6) is 11.5 Å². The number of carbonyl (C=O) groups is 2. The predicted octanol–water partition coefficient (Wildman–Crippen LogP) is 4.02. The summed E-state index contributed by atoms with van der Waals surface area (Å²) in [4.78, 5) is 25.8. The van der Waals surface area contributed by atoms with Crippen LogP contribution in [-0.2, 0) is 40.7 Å². The maximum absolute atomic E-state index is 12.9. The number of carbonyl (C=O) groups excluding carboxylic acids is 2. The van der Waals surface area contributed by atoms with Gasteiger partial charge in [0.1, 0.15) is 23.1 Å². The van der Waals surface area contributed by atoms with E-state index in [0.717, 1.165) is 27.8 Å². The van der Waals surface area contributed by atoms with Crippen LogP contribution in [0.15, 0.2) is 30.3 Å². The third kappa shape index (κ3) is 4.11. The second-order valence-corrected chi connectivity index (χ2v) is 8.47. The SMILES string of the molecule is COc1c2cccc1CC(=O)Cc1cc(C(C)(C)C)cc(c1OC)CC(=O)C2.